The number of aliphatic hydroxyl groups excluding tert-OH is 1. The van der Waals surface area contributed by atoms with E-state index in [-0.39, 0.29) is 36.9 Å². The molecule has 2 amide bonds. The number of nitrogens with one attached hydrogen (secondary N) is 1. The molecule has 1 aromatic carbocycles. The summed E-state index contributed by atoms with van der Waals surface area (Å²) in [6.45, 7) is 3.53. The number of carbonyl (C=O) groups is 3. The summed E-state index contributed by atoms with van der Waals surface area (Å²) in [5.74, 6) is -0.518. The number of carbonyl (C=O) groups excluding carboxylic acids is 3. The van der Waals surface area contributed by atoms with Gasteiger partial charge in [0.15, 0.2) is 0 Å². The highest BCUT2D eigenvalue weighted by Gasteiger charge is 2.35. The fourth-order valence-corrected chi connectivity index (χ4v) is 3.64. The minimum atomic E-state index is -0.616. The van der Waals surface area contributed by atoms with Crippen molar-refractivity contribution in [3.63, 3.8) is 0 Å². The molecule has 8 heteroatoms. The summed E-state index contributed by atoms with van der Waals surface area (Å²) in [7, 11) is 1.25. The summed E-state index contributed by atoms with van der Waals surface area (Å²) in [6.07, 6.45) is 1.93. The summed E-state index contributed by atoms with van der Waals surface area (Å²) in [5.41, 5.74) is 1.18. The van der Waals surface area contributed by atoms with Gasteiger partial charge in [-0.25, -0.2) is 4.79 Å². The fraction of sp³-hybridized carbons (Fsp3) is 0.476. The van der Waals surface area contributed by atoms with Crippen molar-refractivity contribution >= 4 is 23.5 Å². The maximum atomic E-state index is 13.1. The number of piperidine rings is 1. The largest absolute Gasteiger partial charge is 0.466 e. The topological polar surface area (TPSA) is 99.2 Å². The van der Waals surface area contributed by atoms with E-state index in [0.29, 0.717) is 30.3 Å². The minimum Gasteiger partial charge on any atom is -0.466 e. The van der Waals surface area contributed by atoms with Crippen molar-refractivity contribution in [1.29, 1.82) is 0 Å². The number of benzene rings is 1. The number of amides is 2. The van der Waals surface area contributed by atoms with Gasteiger partial charge in [-0.15, -0.1) is 0 Å². The van der Waals surface area contributed by atoms with Gasteiger partial charge in [-0.05, 0) is 30.9 Å². The number of para-hydroxylation sites is 1. The molecule has 1 fully saturated rings. The van der Waals surface area contributed by atoms with Gasteiger partial charge in [0.25, 0.3) is 11.8 Å². The van der Waals surface area contributed by atoms with Gasteiger partial charge < -0.3 is 25.0 Å². The molecule has 0 bridgehead atoms. The third kappa shape index (κ3) is 4.42. The third-order valence-electron chi connectivity index (χ3n) is 5.44. The van der Waals surface area contributed by atoms with Crippen LogP contribution in [0, 0.1) is 5.92 Å². The zero-order valence-electron chi connectivity index (χ0n) is 16.8. The number of likely N-dealkylation sites (tertiary alicyclic amines) is 1. The third-order valence-corrected chi connectivity index (χ3v) is 5.44. The van der Waals surface area contributed by atoms with Crippen molar-refractivity contribution in [2.75, 3.05) is 45.2 Å². The molecule has 29 heavy (non-hydrogen) atoms. The van der Waals surface area contributed by atoms with E-state index in [9.17, 15) is 19.5 Å². The van der Waals surface area contributed by atoms with Crippen LogP contribution in [-0.2, 0) is 14.3 Å². The molecule has 2 N–H and O–H groups in total. The van der Waals surface area contributed by atoms with Gasteiger partial charge in [0, 0.05) is 19.6 Å². The number of β-amino-alcohol motifs (C(OH)–C–C–N with tert-alkyl or cyclic N) is 1. The van der Waals surface area contributed by atoms with E-state index in [2.05, 4.69) is 12.2 Å². The second-order valence-corrected chi connectivity index (χ2v) is 7.44. The molecule has 2 heterocycles. The summed E-state index contributed by atoms with van der Waals surface area (Å²) in [4.78, 5) is 41.2. The molecule has 2 aliphatic rings. The predicted octanol–water partition coefficient (Wildman–Crippen LogP) is 1.23. The average Bonchev–Trinajstić information content (AvgIpc) is 3.04. The number of aliphatic hydroxyl groups is 1. The van der Waals surface area contributed by atoms with E-state index in [0.717, 1.165) is 12.8 Å². The van der Waals surface area contributed by atoms with Crippen molar-refractivity contribution < 1.29 is 24.2 Å². The second kappa shape index (κ2) is 9.09. The van der Waals surface area contributed by atoms with Crippen LogP contribution in [0.2, 0.25) is 0 Å². The number of ether oxygens (including phenoxy) is 1. The van der Waals surface area contributed by atoms with E-state index >= 15 is 0 Å². The van der Waals surface area contributed by atoms with Gasteiger partial charge in [-0.1, -0.05) is 19.1 Å². The van der Waals surface area contributed by atoms with E-state index in [1.807, 2.05) is 4.90 Å². The quantitative estimate of drug-likeness (QED) is 0.696. The normalized spacial score (nSPS) is 17.7. The Morgan fingerprint density at radius 3 is 2.59 bits per heavy atom. The van der Waals surface area contributed by atoms with Gasteiger partial charge in [0.1, 0.15) is 5.70 Å². The first-order valence-corrected chi connectivity index (χ1v) is 9.83. The average molecular weight is 401 g/mol. The van der Waals surface area contributed by atoms with Crippen LogP contribution in [0.1, 0.15) is 30.1 Å². The molecule has 1 aromatic rings. The molecule has 0 atom stereocenters. The van der Waals surface area contributed by atoms with E-state index in [1.54, 1.807) is 24.3 Å². The molecule has 1 saturated heterocycles. The maximum Gasteiger partial charge on any atom is 0.337 e. The number of esters is 1. The molecule has 0 radical (unpaired) electrons. The monoisotopic (exact) mass is 401 g/mol. The van der Waals surface area contributed by atoms with Crippen molar-refractivity contribution in [2.24, 2.45) is 5.92 Å². The van der Waals surface area contributed by atoms with Crippen LogP contribution < -0.4 is 5.32 Å². The van der Waals surface area contributed by atoms with Crippen molar-refractivity contribution in [2.45, 2.75) is 19.8 Å². The molecule has 8 nitrogen and oxygen atoms in total. The highest BCUT2D eigenvalue weighted by molar-refractivity contribution is 6.09. The number of hydrogen-bond donors (Lipinski definition) is 2. The number of methoxy groups -OCH3 is 1. The Morgan fingerprint density at radius 2 is 1.93 bits per heavy atom. The van der Waals surface area contributed by atoms with Crippen LogP contribution in [0.3, 0.4) is 0 Å². The summed E-state index contributed by atoms with van der Waals surface area (Å²) in [6, 6.07) is 6.96. The van der Waals surface area contributed by atoms with Crippen molar-refractivity contribution in [1.82, 2.24) is 9.80 Å². The molecule has 156 valence electrons. The Morgan fingerprint density at radius 1 is 1.24 bits per heavy atom. The van der Waals surface area contributed by atoms with Crippen LogP contribution >= 0.6 is 0 Å². The Balaban J connectivity index is 1.88. The molecule has 0 unspecified atom stereocenters. The van der Waals surface area contributed by atoms with Crippen LogP contribution in [0.15, 0.2) is 35.5 Å². The Bertz CT molecular complexity index is 827. The smallest absolute Gasteiger partial charge is 0.337 e. The number of rotatable bonds is 6. The Hall–Kier alpha value is -2.87. The molecular weight excluding hydrogens is 374 g/mol. The summed E-state index contributed by atoms with van der Waals surface area (Å²) < 4.78 is 4.81. The number of hydrogen-bond acceptors (Lipinski definition) is 6. The highest BCUT2D eigenvalue weighted by atomic mass is 16.5. The number of anilines is 1. The first-order valence-electron chi connectivity index (χ1n) is 9.83. The van der Waals surface area contributed by atoms with Crippen LogP contribution in [-0.4, -0.2) is 72.6 Å². The molecule has 2 aliphatic heterocycles. The van der Waals surface area contributed by atoms with Crippen LogP contribution in [0.4, 0.5) is 5.69 Å². The minimum absolute atomic E-state index is 0.0501. The van der Waals surface area contributed by atoms with Crippen molar-refractivity contribution in [3.05, 3.63) is 41.1 Å². The fourth-order valence-electron chi connectivity index (χ4n) is 3.64. The van der Waals surface area contributed by atoms with Gasteiger partial charge in [-0.2, -0.15) is 0 Å². The first-order chi connectivity index (χ1) is 14.0. The standard InChI is InChI=1S/C21H27N3O5/c1-14-7-9-23(10-8-14)19(26)15-5-3-4-6-17(15)22-18-16(21(28)29-2)13-24(11-12-25)20(18)27/h3-6,14,22,25H,7-13H2,1-2H3. The lowest BCUT2D eigenvalue weighted by atomic mass is 9.98. The van der Waals surface area contributed by atoms with Crippen molar-refractivity contribution in [3.8, 4) is 0 Å². The summed E-state index contributed by atoms with van der Waals surface area (Å²) in [5, 5.41) is 12.2. The molecule has 0 spiro atoms. The van der Waals surface area contributed by atoms with E-state index in [1.165, 1.54) is 12.0 Å². The van der Waals surface area contributed by atoms with E-state index < -0.39 is 11.9 Å². The van der Waals surface area contributed by atoms with Gasteiger partial charge in [0.2, 0.25) is 0 Å². The zero-order chi connectivity index (χ0) is 21.0. The molecular formula is C21H27N3O5. The van der Waals surface area contributed by atoms with Crippen LogP contribution in [0.25, 0.3) is 0 Å². The molecule has 3 rings (SSSR count). The number of nitrogens with zero attached hydrogens (tertiary/aromatic N) is 2. The van der Waals surface area contributed by atoms with Gasteiger partial charge in [-0.3, -0.25) is 9.59 Å². The predicted molar refractivity (Wildman–Crippen MR) is 107 cm³/mol. The summed E-state index contributed by atoms with van der Waals surface area (Å²) >= 11 is 0. The van der Waals surface area contributed by atoms with Gasteiger partial charge >= 0.3 is 5.97 Å². The SMILES string of the molecule is COC(=O)C1=C(Nc2ccccc2C(=O)N2CCC(C)CC2)C(=O)N(CCO)C1. The van der Waals surface area contributed by atoms with E-state index in [4.69, 9.17) is 4.74 Å². The van der Waals surface area contributed by atoms with Crippen LogP contribution in [0.5, 0.6) is 0 Å². The molecule has 0 saturated carbocycles. The Kier molecular flexibility index (Phi) is 6.53. The maximum absolute atomic E-state index is 13.1. The second-order valence-electron chi connectivity index (χ2n) is 7.44. The molecule has 0 aliphatic carbocycles. The zero-order valence-corrected chi connectivity index (χ0v) is 16.8. The lowest BCUT2D eigenvalue weighted by molar-refractivity contribution is -0.136. The molecule has 0 aromatic heterocycles. The first kappa shape index (κ1) is 20.9. The lowest BCUT2D eigenvalue weighted by Gasteiger charge is -2.31. The Labute approximate surface area is 170 Å². The lowest BCUT2D eigenvalue weighted by Crippen LogP contribution is -2.38. The highest BCUT2D eigenvalue weighted by Crippen LogP contribution is 2.27. The van der Waals surface area contributed by atoms with Gasteiger partial charge in [0.05, 0.1) is 37.1 Å².